The van der Waals surface area contributed by atoms with Crippen LogP contribution in [0.1, 0.15) is 50.6 Å². The number of hydrogen-bond donors (Lipinski definition) is 11. The lowest BCUT2D eigenvalue weighted by atomic mass is 10.2. The third kappa shape index (κ3) is 12.2. The first-order valence-electron chi connectivity index (χ1n) is 23.2. The van der Waals surface area contributed by atoms with Crippen LogP contribution >= 0.6 is 23.5 Å². The number of nitrogens with one attached hydrogen (secondary N) is 2. The molecule has 4 aliphatic heterocycles. The molecule has 0 aromatic carbocycles. The van der Waals surface area contributed by atoms with Crippen molar-refractivity contribution in [2.24, 2.45) is 0 Å². The molecule has 4 fully saturated rings. The fraction of sp³-hybridized carbons (Fsp3) is 0.556. The van der Waals surface area contributed by atoms with Crippen LogP contribution in [0.15, 0.2) is 44.5 Å². The molecule has 0 aliphatic carbocycles. The third-order valence-electron chi connectivity index (χ3n) is 12.6. The predicted octanol–water partition coefficient (Wildman–Crippen LogP) is -4.10. The van der Waals surface area contributed by atoms with E-state index in [0.29, 0.717) is 0 Å². The van der Waals surface area contributed by atoms with Crippen molar-refractivity contribution in [3.63, 3.8) is 0 Å². The molecule has 15 N–H and O–H groups in total. The number of hydrogen-bond acceptors (Lipinski definition) is 31. The molecule has 0 bridgehead atoms. The van der Waals surface area contributed by atoms with Gasteiger partial charge in [0.2, 0.25) is 23.8 Å². The summed E-state index contributed by atoms with van der Waals surface area (Å²) in [6.45, 7) is -3.44. The summed E-state index contributed by atoms with van der Waals surface area (Å²) in [4.78, 5) is 119. The second-order valence-corrected chi connectivity index (χ2v) is 22.0. The number of nitrogens with two attached hydrogens (primary N) is 4. The maximum absolute atomic E-state index is 13.9. The molecule has 10 rings (SSSR count). The van der Waals surface area contributed by atoms with Crippen LogP contribution in [0.2, 0.25) is 0 Å². The topological polar surface area (TPSA) is 571 Å². The molecule has 10 heterocycles. The number of aliphatic hydroxyl groups excluding tert-OH is 2. The summed E-state index contributed by atoms with van der Waals surface area (Å²) in [6, 6.07) is 0. The van der Waals surface area contributed by atoms with Crippen molar-refractivity contribution < 1.29 is 84.7 Å². The van der Waals surface area contributed by atoms with Crippen LogP contribution in [0, 0.1) is 0 Å². The van der Waals surface area contributed by atoms with Gasteiger partial charge in [0.15, 0.2) is 22.3 Å². The number of aliphatic hydroxyl groups is 2. The molecule has 6 aromatic heterocycles. The Morgan fingerprint density at radius 3 is 1.30 bits per heavy atom. The van der Waals surface area contributed by atoms with Crippen molar-refractivity contribution in [3.05, 3.63) is 67.0 Å². The Morgan fingerprint density at radius 1 is 0.532 bits per heavy atom. The van der Waals surface area contributed by atoms with Crippen LogP contribution < -0.4 is 45.4 Å². The number of rotatable bonds is 20. The van der Waals surface area contributed by atoms with Gasteiger partial charge >= 0.3 is 34.8 Å². The van der Waals surface area contributed by atoms with E-state index >= 15 is 0 Å². The molecule has 43 heteroatoms. The molecular formula is C36H47N18O22P3. The van der Waals surface area contributed by atoms with Gasteiger partial charge in [-0.05, 0) is 0 Å². The fourth-order valence-corrected chi connectivity index (χ4v) is 11.8. The zero-order chi connectivity index (χ0) is 56.3. The lowest BCUT2D eigenvalue weighted by molar-refractivity contribution is -0.0631. The maximum atomic E-state index is 13.9. The normalized spacial score (nSPS) is 29.5. The van der Waals surface area contributed by atoms with Gasteiger partial charge in [0.05, 0.1) is 45.2 Å². The number of H-pyrrole nitrogens is 2. The van der Waals surface area contributed by atoms with Gasteiger partial charge in [-0.25, -0.2) is 43.2 Å². The minimum absolute atomic E-state index is 0.0284. The molecule has 6 aromatic rings. The molecule has 4 aliphatic rings. The highest BCUT2D eigenvalue weighted by Crippen LogP contribution is 2.53. The number of imidazole rings is 2. The van der Waals surface area contributed by atoms with Crippen LogP contribution in [-0.2, 0) is 59.8 Å². The molecule has 0 saturated carbocycles. The van der Waals surface area contributed by atoms with Gasteiger partial charge in [0, 0.05) is 25.7 Å². The van der Waals surface area contributed by atoms with Crippen molar-refractivity contribution in [2.75, 3.05) is 49.4 Å². The Bertz CT molecular complexity index is 3650. The number of aromatic nitrogens is 14. The summed E-state index contributed by atoms with van der Waals surface area (Å²) < 4.78 is 101. The Balaban J connectivity index is 0.828. The van der Waals surface area contributed by atoms with E-state index in [0.717, 1.165) is 28.1 Å². The molecule has 428 valence electrons. The first kappa shape index (κ1) is 55.9. The summed E-state index contributed by atoms with van der Waals surface area (Å²) in [5.41, 5.74) is 18.9. The highest BCUT2D eigenvalue weighted by molar-refractivity contribution is 7.48. The van der Waals surface area contributed by atoms with Crippen molar-refractivity contribution in [1.29, 1.82) is 0 Å². The average molecular weight is 1180 g/mol. The van der Waals surface area contributed by atoms with E-state index in [1.54, 1.807) is 0 Å². The summed E-state index contributed by atoms with van der Waals surface area (Å²) in [5, 5.41) is 20.8. The molecular weight excluding hydrogens is 1130 g/mol. The van der Waals surface area contributed by atoms with Crippen molar-refractivity contribution >= 4 is 69.6 Å². The van der Waals surface area contributed by atoms with Crippen LogP contribution in [0.3, 0.4) is 0 Å². The summed E-state index contributed by atoms with van der Waals surface area (Å²) in [7, 11) is -15.8. The van der Waals surface area contributed by atoms with Gasteiger partial charge in [-0.15, -0.1) is 0 Å². The molecule has 6 unspecified atom stereocenters. The number of ether oxygens (including phenoxy) is 4. The zero-order valence-electron chi connectivity index (χ0n) is 40.1. The number of nitrogen functional groups attached to an aromatic ring is 4. The number of anilines is 4. The molecule has 4 saturated heterocycles. The number of nitrogens with zero attached hydrogens (tertiary/aromatic N) is 12. The van der Waals surface area contributed by atoms with Gasteiger partial charge in [-0.1, -0.05) is 0 Å². The van der Waals surface area contributed by atoms with Crippen molar-refractivity contribution in [3.8, 4) is 0 Å². The molecule has 15 atom stereocenters. The lowest BCUT2D eigenvalue weighted by Crippen LogP contribution is -2.31. The molecule has 40 nitrogen and oxygen atoms in total. The van der Waals surface area contributed by atoms with Gasteiger partial charge in [0.1, 0.15) is 80.3 Å². The highest BCUT2D eigenvalue weighted by Gasteiger charge is 2.48. The van der Waals surface area contributed by atoms with E-state index in [1.165, 1.54) is 15.5 Å². The average Bonchev–Trinajstić information content (AvgIpc) is 4.45. The van der Waals surface area contributed by atoms with Crippen LogP contribution in [0.5, 0.6) is 0 Å². The third-order valence-corrected chi connectivity index (χ3v) is 15.6. The fourth-order valence-electron chi connectivity index (χ4n) is 8.97. The second kappa shape index (κ2) is 21.9. The van der Waals surface area contributed by atoms with Crippen molar-refractivity contribution in [2.45, 2.75) is 99.4 Å². The lowest BCUT2D eigenvalue weighted by Gasteiger charge is -2.25. The largest absolute Gasteiger partial charge is 0.472 e. The molecule has 0 amide bonds. The first-order valence-corrected chi connectivity index (χ1v) is 27.6. The number of aromatic amines is 2. The van der Waals surface area contributed by atoms with Gasteiger partial charge in [0.25, 0.3) is 11.1 Å². The summed E-state index contributed by atoms with van der Waals surface area (Å²) in [6.07, 6.45) is -13.5. The SMILES string of the molecule is Nc1ncn([C@H]2CC(OP(=O)(O)OC[C@H]3O[C@@H](n4cnc5c(=O)[nH]c(N)nc54)CC3OP(=O)(O)OC[C@H]3O[C@@H](n4cnc(N)nc4=O)CC3OP(=O)(O)OC[C@H]3O[C@@H](n4cnc5c(=O)[nH]c(N)nc54)C[C@H]3O)[C@@H](CO)O2)c(=O)n1. The monoisotopic (exact) mass is 1180 g/mol. The van der Waals surface area contributed by atoms with E-state index in [4.69, 9.17) is 69.0 Å². The molecule has 0 spiro atoms. The van der Waals surface area contributed by atoms with Crippen molar-refractivity contribution in [1.82, 2.24) is 68.1 Å². The predicted molar refractivity (Wildman–Crippen MR) is 256 cm³/mol. The van der Waals surface area contributed by atoms with Crippen LogP contribution in [0.25, 0.3) is 22.3 Å². The Labute approximate surface area is 437 Å². The number of phosphoric acid groups is 3. The van der Waals surface area contributed by atoms with E-state index in [-0.39, 0.29) is 53.0 Å². The summed E-state index contributed by atoms with van der Waals surface area (Å²) >= 11 is 0. The standard InChI is InChI=1S/C36H47N18O22P3/c37-31-43-11-53(35(59)49-31)23-2-14(17(5-55)70-23)74-78(63,64)68-7-19-15(3-22(72-19)52-10-42-26-28(52)46-34(40)48-30(26)58)75-79(65,66)69-8-20-16(4-24(73-20)54-12-44-32(38)50-36(54)60)76-77(61,62)67-6-18-13(56)1-21(71-18)51-9-41-25-27(51)45-33(39)47-29(25)57/h9-24,55-56H,1-8H2,(H,61,62)(H,63,64)(H,65,66)(H2,37,49,59)(H2,38,50,60)(H3,39,45,47,57)(H3,40,46,48,58)/t13-,14?,15?,16?,17-,18-,19-,20-,21-,22-,23-,24-/m1/s1. The molecule has 0 radical (unpaired) electrons. The van der Waals surface area contributed by atoms with Gasteiger partial charge in [-0.3, -0.25) is 65.0 Å². The Morgan fingerprint density at radius 2 is 0.886 bits per heavy atom. The first-order chi connectivity index (χ1) is 37.4. The van der Waals surface area contributed by atoms with E-state index in [1.807, 2.05) is 0 Å². The summed E-state index contributed by atoms with van der Waals surface area (Å²) in [5.74, 6) is -1.28. The van der Waals surface area contributed by atoms with E-state index < -0.39 is 165 Å². The Kier molecular flexibility index (Phi) is 15.5. The minimum atomic E-state index is -5.40. The quantitative estimate of drug-likeness (QED) is 0.0324. The maximum Gasteiger partial charge on any atom is 0.472 e. The van der Waals surface area contributed by atoms with E-state index in [2.05, 4.69) is 49.8 Å². The van der Waals surface area contributed by atoms with Gasteiger partial charge in [-0.2, -0.15) is 19.9 Å². The van der Waals surface area contributed by atoms with Crippen LogP contribution in [0.4, 0.5) is 23.8 Å². The minimum Gasteiger partial charge on any atom is -0.394 e. The van der Waals surface area contributed by atoms with Crippen LogP contribution in [-0.4, -0.2) is 168 Å². The van der Waals surface area contributed by atoms with E-state index in [9.17, 15) is 57.8 Å². The zero-order valence-corrected chi connectivity index (χ0v) is 42.8. The smallest absolute Gasteiger partial charge is 0.394 e. The number of phosphoric ester groups is 3. The number of fused-ring (bicyclic) bond motifs is 2. The molecule has 79 heavy (non-hydrogen) atoms. The van der Waals surface area contributed by atoms with Gasteiger partial charge < -0.3 is 66.8 Å². The Hall–Kier alpha value is -6.39. The highest BCUT2D eigenvalue weighted by atomic mass is 31.2. The second-order valence-electron chi connectivity index (χ2n) is 17.8.